The second-order valence-electron chi connectivity index (χ2n) is 7.09. The zero-order valence-electron chi connectivity index (χ0n) is 17.0. The van der Waals surface area contributed by atoms with E-state index in [4.69, 9.17) is 21.4 Å². The highest BCUT2D eigenvalue weighted by Gasteiger charge is 2.35. The zero-order chi connectivity index (χ0) is 23.6. The van der Waals surface area contributed by atoms with Gasteiger partial charge in [-0.3, -0.25) is 4.79 Å². The van der Waals surface area contributed by atoms with Gasteiger partial charge in [0.15, 0.2) is 0 Å². The van der Waals surface area contributed by atoms with Gasteiger partial charge in [0, 0.05) is 18.7 Å². The van der Waals surface area contributed by atoms with Crippen molar-refractivity contribution in [1.29, 1.82) is 0 Å². The summed E-state index contributed by atoms with van der Waals surface area (Å²) in [5.74, 6) is -0.325. The van der Waals surface area contributed by atoms with Gasteiger partial charge in [0.25, 0.3) is 5.56 Å². The summed E-state index contributed by atoms with van der Waals surface area (Å²) in [5.41, 5.74) is -0.0552. The molecule has 3 aromatic rings. The number of benzene rings is 1. The van der Waals surface area contributed by atoms with E-state index >= 15 is 0 Å². The molecule has 0 aliphatic carbocycles. The molecule has 3 heterocycles. The van der Waals surface area contributed by atoms with Crippen LogP contribution in [0.2, 0.25) is 5.02 Å². The average Bonchev–Trinajstić information content (AvgIpc) is 2.79. The van der Waals surface area contributed by atoms with Gasteiger partial charge in [0.2, 0.25) is 11.8 Å². The van der Waals surface area contributed by atoms with Gasteiger partial charge in [0.1, 0.15) is 10.8 Å². The van der Waals surface area contributed by atoms with E-state index < -0.39 is 17.3 Å². The molecule has 0 radical (unpaired) electrons. The third-order valence-electron chi connectivity index (χ3n) is 4.94. The number of alkyl halides is 3. The van der Waals surface area contributed by atoms with Crippen LogP contribution in [0.4, 0.5) is 24.8 Å². The molecule has 0 spiro atoms. The fraction of sp³-hybridized carbons (Fsp3) is 0.300. The van der Waals surface area contributed by atoms with Crippen LogP contribution < -0.4 is 20.5 Å². The number of H-pyrrole nitrogens is 1. The van der Waals surface area contributed by atoms with Crippen LogP contribution in [-0.4, -0.2) is 45.0 Å². The van der Waals surface area contributed by atoms with E-state index in [1.54, 1.807) is 4.90 Å². The first-order chi connectivity index (χ1) is 15.8. The van der Waals surface area contributed by atoms with Gasteiger partial charge in [-0.05, 0) is 18.6 Å². The predicted octanol–water partition coefficient (Wildman–Crippen LogP) is 2.99. The molecule has 174 valence electrons. The van der Waals surface area contributed by atoms with Gasteiger partial charge in [-0.2, -0.15) is 23.3 Å². The van der Waals surface area contributed by atoms with E-state index in [1.807, 2.05) is 0 Å². The highest BCUT2D eigenvalue weighted by molar-refractivity contribution is 6.33. The Morgan fingerprint density at radius 2 is 2.06 bits per heavy atom. The van der Waals surface area contributed by atoms with Gasteiger partial charge < -0.3 is 20.1 Å². The van der Waals surface area contributed by atoms with Gasteiger partial charge in [0.05, 0.1) is 36.3 Å². The first-order valence-electron chi connectivity index (χ1n) is 9.84. The first-order valence-corrected chi connectivity index (χ1v) is 10.2. The van der Waals surface area contributed by atoms with Crippen molar-refractivity contribution in [2.75, 3.05) is 29.9 Å². The van der Waals surface area contributed by atoms with Crippen LogP contribution in [0, 0.1) is 0 Å². The number of aliphatic hydroxyl groups excluding tert-OH is 1. The minimum absolute atomic E-state index is 0.0214. The topological polar surface area (TPSA) is 116 Å². The number of nitrogens with one attached hydrogen (secondary N) is 2. The van der Waals surface area contributed by atoms with Crippen molar-refractivity contribution >= 4 is 23.2 Å². The molecule has 33 heavy (non-hydrogen) atoms. The second-order valence-corrected chi connectivity index (χ2v) is 7.47. The maximum Gasteiger partial charge on any atom is 0.419 e. The molecule has 2 aromatic heterocycles. The Labute approximate surface area is 190 Å². The number of aromatic amines is 1. The molecular formula is C20H18ClF3N6O3. The number of para-hydroxylation sites is 1. The summed E-state index contributed by atoms with van der Waals surface area (Å²) in [5, 5.41) is 17.9. The van der Waals surface area contributed by atoms with E-state index in [0.29, 0.717) is 29.9 Å². The van der Waals surface area contributed by atoms with E-state index in [1.165, 1.54) is 24.4 Å². The van der Waals surface area contributed by atoms with Crippen molar-refractivity contribution < 1.29 is 23.0 Å². The fourth-order valence-corrected chi connectivity index (χ4v) is 3.63. The maximum atomic E-state index is 13.4. The lowest BCUT2D eigenvalue weighted by Crippen LogP contribution is -2.33. The quantitative estimate of drug-likeness (QED) is 0.491. The van der Waals surface area contributed by atoms with E-state index in [2.05, 4.69) is 25.5 Å². The molecule has 0 unspecified atom stereocenters. The predicted molar refractivity (Wildman–Crippen MR) is 114 cm³/mol. The summed E-state index contributed by atoms with van der Waals surface area (Å²) in [4.78, 5) is 22.3. The lowest BCUT2D eigenvalue weighted by Gasteiger charge is -2.31. The minimum atomic E-state index is -4.61. The Hall–Kier alpha value is -3.38. The van der Waals surface area contributed by atoms with Crippen molar-refractivity contribution in [2.45, 2.75) is 19.1 Å². The molecule has 0 saturated carbocycles. The molecule has 0 atom stereocenters. The lowest BCUT2D eigenvalue weighted by atomic mass is 10.1. The molecule has 9 nitrogen and oxygen atoms in total. The van der Waals surface area contributed by atoms with Crippen LogP contribution in [0.3, 0.4) is 0 Å². The number of halogens is 4. The largest absolute Gasteiger partial charge is 0.438 e. The number of rotatable bonds is 6. The van der Waals surface area contributed by atoms with E-state index in [0.717, 1.165) is 6.07 Å². The van der Waals surface area contributed by atoms with E-state index in [-0.39, 0.29) is 42.3 Å². The number of fused-ring (bicyclic) bond motifs is 1. The number of anilines is 2. The Morgan fingerprint density at radius 3 is 2.82 bits per heavy atom. The Kier molecular flexibility index (Phi) is 6.38. The van der Waals surface area contributed by atoms with Crippen molar-refractivity contribution in [3.63, 3.8) is 0 Å². The Bertz CT molecular complexity index is 1220. The standard InChI is InChI=1S/C20H18ClF3N6O3/c21-16-14(9-26-29-17(16)32)30-7-5-11-13(10-30)27-19(25-6-8-31)28-18(11)33-15-4-2-1-3-12(15)20(22,23)24/h1-4,9,31H,5-8,10H2,(H,29,32)(H,25,27,28). The summed E-state index contributed by atoms with van der Waals surface area (Å²) >= 11 is 6.12. The molecule has 0 fully saturated rings. The van der Waals surface area contributed by atoms with Crippen LogP contribution in [0.5, 0.6) is 11.6 Å². The first kappa shape index (κ1) is 22.8. The monoisotopic (exact) mass is 482 g/mol. The van der Waals surface area contributed by atoms with E-state index in [9.17, 15) is 18.0 Å². The molecule has 4 rings (SSSR count). The van der Waals surface area contributed by atoms with Crippen LogP contribution in [0.25, 0.3) is 0 Å². The molecule has 0 amide bonds. The fourth-order valence-electron chi connectivity index (χ4n) is 3.42. The number of hydrogen-bond acceptors (Lipinski definition) is 8. The van der Waals surface area contributed by atoms with Gasteiger partial charge in [-0.1, -0.05) is 23.7 Å². The highest BCUT2D eigenvalue weighted by atomic mass is 35.5. The number of ether oxygens (including phenoxy) is 1. The molecule has 13 heteroatoms. The molecule has 1 aromatic carbocycles. The number of nitrogens with zero attached hydrogens (tertiary/aromatic N) is 4. The Morgan fingerprint density at radius 1 is 1.27 bits per heavy atom. The zero-order valence-corrected chi connectivity index (χ0v) is 17.7. The molecule has 1 aliphatic heterocycles. The summed E-state index contributed by atoms with van der Waals surface area (Å²) < 4.78 is 46.0. The van der Waals surface area contributed by atoms with Crippen molar-refractivity contribution in [1.82, 2.24) is 20.2 Å². The summed E-state index contributed by atoms with van der Waals surface area (Å²) in [6.07, 6.45) is -2.87. The summed E-state index contributed by atoms with van der Waals surface area (Å²) in [6, 6.07) is 4.86. The Balaban J connectivity index is 1.73. The van der Waals surface area contributed by atoms with Crippen LogP contribution in [0.1, 0.15) is 16.8 Å². The summed E-state index contributed by atoms with van der Waals surface area (Å²) in [6.45, 7) is 0.494. The molecule has 0 bridgehead atoms. The third-order valence-corrected chi connectivity index (χ3v) is 5.30. The van der Waals surface area contributed by atoms with Crippen molar-refractivity contribution in [3.05, 3.63) is 62.7 Å². The van der Waals surface area contributed by atoms with Crippen LogP contribution in [0.15, 0.2) is 35.3 Å². The summed E-state index contributed by atoms with van der Waals surface area (Å²) in [7, 11) is 0. The second kappa shape index (κ2) is 9.24. The number of aromatic nitrogens is 4. The smallest absolute Gasteiger partial charge is 0.419 e. The lowest BCUT2D eigenvalue weighted by molar-refractivity contribution is -0.138. The van der Waals surface area contributed by atoms with Gasteiger partial charge in [-0.15, -0.1) is 0 Å². The minimum Gasteiger partial charge on any atom is -0.438 e. The molecule has 3 N–H and O–H groups in total. The normalized spacial score (nSPS) is 13.5. The number of hydrogen-bond donors (Lipinski definition) is 3. The third kappa shape index (κ3) is 4.86. The molecule has 1 aliphatic rings. The van der Waals surface area contributed by atoms with Gasteiger partial charge >= 0.3 is 6.18 Å². The molecular weight excluding hydrogens is 465 g/mol. The number of aliphatic hydroxyl groups is 1. The van der Waals surface area contributed by atoms with Crippen molar-refractivity contribution in [3.8, 4) is 11.6 Å². The van der Waals surface area contributed by atoms with Crippen molar-refractivity contribution in [2.24, 2.45) is 0 Å². The van der Waals surface area contributed by atoms with Crippen LogP contribution >= 0.6 is 11.6 Å². The van der Waals surface area contributed by atoms with Gasteiger partial charge in [-0.25, -0.2) is 10.1 Å². The SMILES string of the molecule is O=c1[nH]ncc(N2CCc3c(nc(NCCO)nc3Oc3ccccc3C(F)(F)F)C2)c1Cl. The highest BCUT2D eigenvalue weighted by Crippen LogP contribution is 2.39. The maximum absolute atomic E-state index is 13.4. The average molecular weight is 483 g/mol. The van der Waals surface area contributed by atoms with Crippen LogP contribution in [-0.2, 0) is 19.1 Å². The molecule has 0 saturated heterocycles.